The van der Waals surface area contributed by atoms with E-state index in [1.165, 1.54) is 0 Å². The maximum absolute atomic E-state index is 12.3. The summed E-state index contributed by atoms with van der Waals surface area (Å²) in [5.41, 5.74) is 3.18. The second-order valence-corrected chi connectivity index (χ2v) is 4.74. The number of nitrogens with zero attached hydrogens (tertiary/aromatic N) is 2. The molecule has 6 nitrogen and oxygen atoms in total. The van der Waals surface area contributed by atoms with Gasteiger partial charge in [-0.25, -0.2) is 0 Å². The van der Waals surface area contributed by atoms with E-state index in [9.17, 15) is 4.79 Å². The van der Waals surface area contributed by atoms with Gasteiger partial charge >= 0.3 is 0 Å². The lowest BCUT2D eigenvalue weighted by molar-refractivity contribution is 0.102. The molecule has 0 aliphatic rings. The molecule has 0 saturated heterocycles. The number of carbonyl (C=O) groups excluding carboxylic acids is 1. The molecule has 0 spiro atoms. The minimum Gasteiger partial charge on any atom is -0.387 e. The largest absolute Gasteiger partial charge is 0.387 e. The van der Waals surface area contributed by atoms with Gasteiger partial charge in [0.25, 0.3) is 5.91 Å². The molecule has 6 heteroatoms. The van der Waals surface area contributed by atoms with Crippen LogP contribution in [0.25, 0.3) is 0 Å². The highest BCUT2D eigenvalue weighted by molar-refractivity contribution is 6.08. The Hall–Kier alpha value is -2.34. The Morgan fingerprint density at radius 3 is 2.95 bits per heavy atom. The SMILES string of the molecule is CNc1cc(C)ccc1C(=O)Nc1cnn(CCOC)c1. The van der Waals surface area contributed by atoms with Crippen molar-refractivity contribution in [2.75, 3.05) is 31.4 Å². The van der Waals surface area contributed by atoms with Gasteiger partial charge in [-0.3, -0.25) is 9.48 Å². The van der Waals surface area contributed by atoms with Gasteiger partial charge < -0.3 is 15.4 Å². The van der Waals surface area contributed by atoms with Crippen LogP contribution in [-0.4, -0.2) is 36.5 Å². The average Bonchev–Trinajstić information content (AvgIpc) is 2.92. The number of rotatable bonds is 6. The first-order valence-corrected chi connectivity index (χ1v) is 6.75. The summed E-state index contributed by atoms with van der Waals surface area (Å²) in [7, 11) is 3.44. The molecule has 2 N–H and O–H groups in total. The van der Waals surface area contributed by atoms with E-state index >= 15 is 0 Å². The lowest BCUT2D eigenvalue weighted by Gasteiger charge is -2.09. The third-order valence-electron chi connectivity index (χ3n) is 3.10. The number of methoxy groups -OCH3 is 1. The Balaban J connectivity index is 2.09. The molecule has 0 saturated carbocycles. The zero-order chi connectivity index (χ0) is 15.2. The molecular weight excluding hydrogens is 268 g/mol. The molecule has 1 amide bonds. The lowest BCUT2D eigenvalue weighted by Crippen LogP contribution is -2.13. The molecule has 1 aromatic heterocycles. The van der Waals surface area contributed by atoms with Crippen LogP contribution in [0.4, 0.5) is 11.4 Å². The number of carbonyl (C=O) groups is 1. The van der Waals surface area contributed by atoms with Crippen molar-refractivity contribution in [1.82, 2.24) is 9.78 Å². The van der Waals surface area contributed by atoms with Crippen LogP contribution >= 0.6 is 0 Å². The molecule has 21 heavy (non-hydrogen) atoms. The Morgan fingerprint density at radius 1 is 1.43 bits per heavy atom. The van der Waals surface area contributed by atoms with Crippen LogP contribution in [0, 0.1) is 6.92 Å². The van der Waals surface area contributed by atoms with Crippen LogP contribution in [0.5, 0.6) is 0 Å². The summed E-state index contributed by atoms with van der Waals surface area (Å²) < 4.78 is 6.72. The number of nitrogens with one attached hydrogen (secondary N) is 2. The van der Waals surface area contributed by atoms with Crippen molar-refractivity contribution in [2.45, 2.75) is 13.5 Å². The molecule has 0 aliphatic carbocycles. The van der Waals surface area contributed by atoms with E-state index in [2.05, 4.69) is 15.7 Å². The Bertz CT molecular complexity index is 622. The summed E-state index contributed by atoms with van der Waals surface area (Å²) in [5, 5.41) is 10.0. The maximum Gasteiger partial charge on any atom is 0.257 e. The average molecular weight is 288 g/mol. The minimum atomic E-state index is -0.161. The predicted octanol–water partition coefficient (Wildman–Crippen LogP) is 2.13. The normalized spacial score (nSPS) is 10.4. The highest BCUT2D eigenvalue weighted by Crippen LogP contribution is 2.18. The predicted molar refractivity (Wildman–Crippen MR) is 82.8 cm³/mol. The zero-order valence-corrected chi connectivity index (χ0v) is 12.5. The van der Waals surface area contributed by atoms with E-state index < -0.39 is 0 Å². The van der Waals surface area contributed by atoms with Crippen LogP contribution in [0.2, 0.25) is 0 Å². The molecule has 0 unspecified atom stereocenters. The molecule has 0 radical (unpaired) electrons. The molecular formula is C15H20N4O2. The smallest absolute Gasteiger partial charge is 0.257 e. The van der Waals surface area contributed by atoms with Crippen molar-refractivity contribution in [1.29, 1.82) is 0 Å². The summed E-state index contributed by atoms with van der Waals surface area (Å²) in [6.07, 6.45) is 3.41. The molecule has 0 atom stereocenters. The van der Waals surface area contributed by atoms with Crippen LogP contribution in [0.15, 0.2) is 30.6 Å². The summed E-state index contributed by atoms with van der Waals surface area (Å²) in [6, 6.07) is 5.67. The maximum atomic E-state index is 12.3. The van der Waals surface area contributed by atoms with Crippen molar-refractivity contribution in [2.24, 2.45) is 0 Å². The molecule has 0 bridgehead atoms. The Labute approximate surface area is 124 Å². The fraction of sp³-hybridized carbons (Fsp3) is 0.333. The monoisotopic (exact) mass is 288 g/mol. The number of hydrogen-bond acceptors (Lipinski definition) is 4. The van der Waals surface area contributed by atoms with E-state index in [1.807, 2.05) is 25.1 Å². The first-order chi connectivity index (χ1) is 10.1. The standard InChI is InChI=1S/C15H20N4O2/c1-11-4-5-13(14(8-11)16-2)15(20)18-12-9-17-19(10-12)6-7-21-3/h4-5,8-10,16H,6-7H2,1-3H3,(H,18,20). The third-order valence-corrected chi connectivity index (χ3v) is 3.10. The molecule has 2 rings (SSSR count). The summed E-state index contributed by atoms with van der Waals surface area (Å²) in [6.45, 7) is 3.22. The van der Waals surface area contributed by atoms with Crippen molar-refractivity contribution < 1.29 is 9.53 Å². The molecule has 0 aliphatic heterocycles. The van der Waals surface area contributed by atoms with Crippen LogP contribution in [0.1, 0.15) is 15.9 Å². The first-order valence-electron chi connectivity index (χ1n) is 6.75. The van der Waals surface area contributed by atoms with Gasteiger partial charge in [-0.1, -0.05) is 6.07 Å². The number of ether oxygens (including phenoxy) is 1. The highest BCUT2D eigenvalue weighted by Gasteiger charge is 2.12. The number of hydrogen-bond donors (Lipinski definition) is 2. The van der Waals surface area contributed by atoms with Gasteiger partial charge in [0.2, 0.25) is 0 Å². The van der Waals surface area contributed by atoms with E-state index in [0.717, 1.165) is 11.3 Å². The summed E-state index contributed by atoms with van der Waals surface area (Å²) in [5.74, 6) is -0.161. The van der Waals surface area contributed by atoms with E-state index in [0.29, 0.717) is 24.4 Å². The summed E-state index contributed by atoms with van der Waals surface area (Å²) in [4.78, 5) is 12.3. The van der Waals surface area contributed by atoms with Gasteiger partial charge in [-0.2, -0.15) is 5.10 Å². The lowest BCUT2D eigenvalue weighted by atomic mass is 10.1. The van der Waals surface area contributed by atoms with Crippen molar-refractivity contribution in [3.63, 3.8) is 0 Å². The quantitative estimate of drug-likeness (QED) is 0.854. The van der Waals surface area contributed by atoms with Crippen molar-refractivity contribution in [3.05, 3.63) is 41.7 Å². The number of aromatic nitrogens is 2. The van der Waals surface area contributed by atoms with Crippen LogP contribution in [-0.2, 0) is 11.3 Å². The fourth-order valence-corrected chi connectivity index (χ4v) is 2.00. The van der Waals surface area contributed by atoms with Crippen LogP contribution < -0.4 is 10.6 Å². The van der Waals surface area contributed by atoms with Crippen LogP contribution in [0.3, 0.4) is 0 Å². The van der Waals surface area contributed by atoms with Gasteiger partial charge in [-0.05, 0) is 24.6 Å². The van der Waals surface area contributed by atoms with Gasteiger partial charge in [0.05, 0.1) is 30.6 Å². The van der Waals surface area contributed by atoms with Gasteiger partial charge in [0, 0.05) is 26.0 Å². The first kappa shape index (κ1) is 15.1. The fourth-order valence-electron chi connectivity index (χ4n) is 2.00. The van der Waals surface area contributed by atoms with Crippen molar-refractivity contribution in [3.8, 4) is 0 Å². The third kappa shape index (κ3) is 3.82. The van der Waals surface area contributed by atoms with Gasteiger partial charge in [-0.15, -0.1) is 0 Å². The van der Waals surface area contributed by atoms with E-state index in [1.54, 1.807) is 31.2 Å². The molecule has 2 aromatic rings. The van der Waals surface area contributed by atoms with E-state index in [-0.39, 0.29) is 5.91 Å². The van der Waals surface area contributed by atoms with E-state index in [4.69, 9.17) is 4.74 Å². The second kappa shape index (κ2) is 6.90. The summed E-state index contributed by atoms with van der Waals surface area (Å²) >= 11 is 0. The van der Waals surface area contributed by atoms with Crippen molar-refractivity contribution >= 4 is 17.3 Å². The minimum absolute atomic E-state index is 0.161. The highest BCUT2D eigenvalue weighted by atomic mass is 16.5. The molecule has 1 heterocycles. The Morgan fingerprint density at radius 2 is 2.24 bits per heavy atom. The molecule has 0 fully saturated rings. The number of benzene rings is 1. The Kier molecular flexibility index (Phi) is 4.94. The number of amides is 1. The topological polar surface area (TPSA) is 68.2 Å². The van der Waals surface area contributed by atoms with Gasteiger partial charge in [0.15, 0.2) is 0 Å². The zero-order valence-electron chi connectivity index (χ0n) is 12.5. The number of aryl methyl sites for hydroxylation is 1. The number of anilines is 2. The second-order valence-electron chi connectivity index (χ2n) is 4.74. The van der Waals surface area contributed by atoms with Gasteiger partial charge in [0.1, 0.15) is 0 Å². The molecule has 112 valence electrons. The molecule has 1 aromatic carbocycles.